The molecule has 1 aliphatic rings. The quantitative estimate of drug-likeness (QED) is 0.259. The molecular formula is C29H26N2O4. The van der Waals surface area contributed by atoms with Gasteiger partial charge in [0.2, 0.25) is 5.90 Å². The standard InChI is InChI=1S/C29H26N2O4/c1-19-13-14-25-23(17-19)22(18-24-29(32)35-28(30-24)21-9-5-4-6-10-21)20(2)31(25)15-16-34-27-12-8-7-11-26(27)33-3/h4-14,17-18H,15-16H2,1-3H3/b24-18+. The number of methoxy groups -OCH3 is 1. The average molecular weight is 467 g/mol. The largest absolute Gasteiger partial charge is 0.493 e. The van der Waals surface area contributed by atoms with Crippen LogP contribution in [0.1, 0.15) is 22.4 Å². The van der Waals surface area contributed by atoms with Crippen molar-refractivity contribution in [1.29, 1.82) is 0 Å². The summed E-state index contributed by atoms with van der Waals surface area (Å²) < 4.78 is 19.1. The summed E-state index contributed by atoms with van der Waals surface area (Å²) in [6.45, 7) is 5.21. The Labute approximate surface area is 204 Å². The molecule has 0 unspecified atom stereocenters. The third-order valence-corrected chi connectivity index (χ3v) is 6.09. The normalized spacial score (nSPS) is 14.3. The second-order valence-corrected chi connectivity index (χ2v) is 8.37. The first kappa shape index (κ1) is 22.5. The van der Waals surface area contributed by atoms with E-state index >= 15 is 0 Å². The Morgan fingerprint density at radius 1 is 0.971 bits per heavy atom. The first-order chi connectivity index (χ1) is 17.0. The monoisotopic (exact) mass is 466 g/mol. The lowest BCUT2D eigenvalue weighted by Crippen LogP contribution is -2.10. The summed E-state index contributed by atoms with van der Waals surface area (Å²) in [5, 5.41) is 1.06. The van der Waals surface area contributed by atoms with Crippen molar-refractivity contribution in [2.24, 2.45) is 4.99 Å². The van der Waals surface area contributed by atoms with Crippen LogP contribution in [0.4, 0.5) is 0 Å². The molecular weight excluding hydrogens is 440 g/mol. The van der Waals surface area contributed by atoms with Gasteiger partial charge in [-0.05, 0) is 56.3 Å². The lowest BCUT2D eigenvalue weighted by molar-refractivity contribution is -0.129. The third kappa shape index (κ3) is 4.43. The minimum absolute atomic E-state index is 0.290. The number of carbonyl (C=O) groups excluding carboxylic acids is 1. The summed E-state index contributed by atoms with van der Waals surface area (Å²) in [7, 11) is 1.63. The Kier molecular flexibility index (Phi) is 6.10. The molecule has 6 nitrogen and oxygen atoms in total. The SMILES string of the molecule is COc1ccccc1OCCn1c(C)c(/C=C2/N=C(c3ccccc3)OC2=O)c2cc(C)ccc21. The van der Waals surface area contributed by atoms with Crippen LogP contribution >= 0.6 is 0 Å². The van der Waals surface area contributed by atoms with Crippen molar-refractivity contribution in [2.45, 2.75) is 20.4 Å². The molecule has 0 spiro atoms. The number of aryl methyl sites for hydroxylation is 1. The number of para-hydroxylation sites is 2. The van der Waals surface area contributed by atoms with E-state index in [9.17, 15) is 4.79 Å². The molecule has 6 heteroatoms. The van der Waals surface area contributed by atoms with Crippen LogP contribution in [-0.4, -0.2) is 30.2 Å². The predicted octanol–water partition coefficient (Wildman–Crippen LogP) is 5.69. The molecule has 5 rings (SSSR count). The maximum absolute atomic E-state index is 12.6. The number of aromatic nitrogens is 1. The highest BCUT2D eigenvalue weighted by Gasteiger charge is 2.25. The molecule has 0 atom stereocenters. The highest BCUT2D eigenvalue weighted by Crippen LogP contribution is 2.31. The third-order valence-electron chi connectivity index (χ3n) is 6.09. The summed E-state index contributed by atoms with van der Waals surface area (Å²) in [5.74, 6) is 1.29. The van der Waals surface area contributed by atoms with Crippen molar-refractivity contribution in [3.8, 4) is 11.5 Å². The Hall–Kier alpha value is -4.32. The molecule has 0 bridgehead atoms. The van der Waals surface area contributed by atoms with Crippen LogP contribution in [-0.2, 0) is 16.1 Å². The number of rotatable bonds is 7. The van der Waals surface area contributed by atoms with E-state index in [1.165, 1.54) is 0 Å². The summed E-state index contributed by atoms with van der Waals surface area (Å²) in [5.41, 5.74) is 5.25. The van der Waals surface area contributed by atoms with Crippen LogP contribution in [0.15, 0.2) is 83.5 Å². The molecule has 1 aliphatic heterocycles. The number of hydrogen-bond acceptors (Lipinski definition) is 5. The molecule has 1 aromatic heterocycles. The van der Waals surface area contributed by atoms with Crippen LogP contribution in [0.3, 0.4) is 0 Å². The fourth-order valence-electron chi connectivity index (χ4n) is 4.33. The van der Waals surface area contributed by atoms with Gasteiger partial charge < -0.3 is 18.8 Å². The highest BCUT2D eigenvalue weighted by molar-refractivity contribution is 6.13. The molecule has 2 heterocycles. The van der Waals surface area contributed by atoms with Crippen molar-refractivity contribution in [1.82, 2.24) is 4.57 Å². The van der Waals surface area contributed by atoms with E-state index in [1.807, 2.05) is 67.6 Å². The molecule has 0 radical (unpaired) electrons. The van der Waals surface area contributed by atoms with Gasteiger partial charge in [0.05, 0.1) is 13.7 Å². The van der Waals surface area contributed by atoms with Crippen LogP contribution < -0.4 is 9.47 Å². The van der Waals surface area contributed by atoms with Gasteiger partial charge in [0, 0.05) is 27.7 Å². The van der Waals surface area contributed by atoms with Gasteiger partial charge in [0.15, 0.2) is 17.2 Å². The number of carbonyl (C=O) groups is 1. The second kappa shape index (κ2) is 9.50. The zero-order chi connectivity index (χ0) is 24.4. The molecule has 35 heavy (non-hydrogen) atoms. The maximum atomic E-state index is 12.6. The summed E-state index contributed by atoms with van der Waals surface area (Å²) in [6.07, 6.45) is 1.83. The van der Waals surface area contributed by atoms with Crippen molar-refractivity contribution < 1.29 is 19.0 Å². The Balaban J connectivity index is 1.48. The molecule has 0 saturated heterocycles. The van der Waals surface area contributed by atoms with Crippen molar-refractivity contribution in [2.75, 3.05) is 13.7 Å². The molecule has 4 aromatic rings. The van der Waals surface area contributed by atoms with Gasteiger partial charge >= 0.3 is 5.97 Å². The fraction of sp³-hybridized carbons (Fsp3) is 0.172. The molecule has 0 N–H and O–H groups in total. The van der Waals surface area contributed by atoms with Crippen LogP contribution in [0.5, 0.6) is 11.5 Å². The topological polar surface area (TPSA) is 62.1 Å². The van der Waals surface area contributed by atoms with E-state index < -0.39 is 5.97 Å². The van der Waals surface area contributed by atoms with E-state index in [4.69, 9.17) is 14.2 Å². The predicted molar refractivity (Wildman–Crippen MR) is 137 cm³/mol. The van der Waals surface area contributed by atoms with E-state index in [2.05, 4.69) is 34.7 Å². The molecule has 0 fully saturated rings. The van der Waals surface area contributed by atoms with E-state index in [0.29, 0.717) is 30.5 Å². The van der Waals surface area contributed by atoms with Gasteiger partial charge in [-0.15, -0.1) is 0 Å². The van der Waals surface area contributed by atoms with E-state index in [-0.39, 0.29) is 5.70 Å². The zero-order valence-electron chi connectivity index (χ0n) is 19.9. The van der Waals surface area contributed by atoms with Gasteiger partial charge in [-0.3, -0.25) is 0 Å². The second-order valence-electron chi connectivity index (χ2n) is 8.37. The van der Waals surface area contributed by atoms with Crippen LogP contribution in [0.25, 0.3) is 17.0 Å². The highest BCUT2D eigenvalue weighted by atomic mass is 16.6. The van der Waals surface area contributed by atoms with Crippen molar-refractivity contribution in [3.63, 3.8) is 0 Å². The maximum Gasteiger partial charge on any atom is 0.363 e. The number of cyclic esters (lactones) is 1. The Bertz CT molecular complexity index is 1470. The van der Waals surface area contributed by atoms with Gasteiger partial charge in [0.25, 0.3) is 0 Å². The molecule has 3 aromatic carbocycles. The number of esters is 1. The van der Waals surface area contributed by atoms with E-state index in [1.54, 1.807) is 7.11 Å². The van der Waals surface area contributed by atoms with Gasteiger partial charge in [-0.1, -0.05) is 42.0 Å². The zero-order valence-corrected chi connectivity index (χ0v) is 19.9. The fourth-order valence-corrected chi connectivity index (χ4v) is 4.33. The van der Waals surface area contributed by atoms with Gasteiger partial charge in [-0.2, -0.15) is 0 Å². The first-order valence-corrected chi connectivity index (χ1v) is 11.5. The molecule has 176 valence electrons. The number of benzene rings is 3. The molecule has 0 amide bonds. The summed E-state index contributed by atoms with van der Waals surface area (Å²) >= 11 is 0. The number of ether oxygens (including phenoxy) is 3. The Morgan fingerprint density at radius 3 is 2.49 bits per heavy atom. The molecule has 0 saturated carbocycles. The number of aliphatic imine (C=N–C) groups is 1. The van der Waals surface area contributed by atoms with Crippen LogP contribution in [0, 0.1) is 13.8 Å². The summed E-state index contributed by atoms with van der Waals surface area (Å²) in [4.78, 5) is 17.1. The first-order valence-electron chi connectivity index (χ1n) is 11.5. The Morgan fingerprint density at radius 2 is 1.71 bits per heavy atom. The smallest absolute Gasteiger partial charge is 0.363 e. The van der Waals surface area contributed by atoms with Gasteiger partial charge in [-0.25, -0.2) is 9.79 Å². The van der Waals surface area contributed by atoms with E-state index in [0.717, 1.165) is 33.3 Å². The molecule has 0 aliphatic carbocycles. The number of nitrogens with zero attached hydrogens (tertiary/aromatic N) is 2. The lowest BCUT2D eigenvalue weighted by Gasteiger charge is -2.12. The number of hydrogen-bond donors (Lipinski definition) is 0. The van der Waals surface area contributed by atoms with Gasteiger partial charge in [0.1, 0.15) is 6.61 Å². The average Bonchev–Trinajstić information content (AvgIpc) is 3.37. The minimum Gasteiger partial charge on any atom is -0.493 e. The van der Waals surface area contributed by atoms with Crippen LogP contribution in [0.2, 0.25) is 0 Å². The lowest BCUT2D eigenvalue weighted by atomic mass is 10.1. The summed E-state index contributed by atoms with van der Waals surface area (Å²) in [6, 6.07) is 23.4. The number of fused-ring (bicyclic) bond motifs is 1. The van der Waals surface area contributed by atoms with Crippen molar-refractivity contribution in [3.05, 3.63) is 101 Å². The van der Waals surface area contributed by atoms with Crippen molar-refractivity contribution >= 4 is 28.8 Å². The minimum atomic E-state index is -0.448.